The zero-order valence-corrected chi connectivity index (χ0v) is 17.2. The number of nitrogens with one attached hydrogen (secondary N) is 1. The van der Waals surface area contributed by atoms with Crippen molar-refractivity contribution >= 4 is 23.3 Å². The summed E-state index contributed by atoms with van der Waals surface area (Å²) in [7, 11) is 1.39. The van der Waals surface area contributed by atoms with Gasteiger partial charge < -0.3 is 14.8 Å². The van der Waals surface area contributed by atoms with Crippen LogP contribution >= 0.6 is 11.6 Å². The first-order valence-corrected chi connectivity index (χ1v) is 9.60. The Morgan fingerprint density at radius 3 is 2.82 bits per heavy atom. The van der Waals surface area contributed by atoms with Crippen molar-refractivity contribution in [2.45, 2.75) is 45.7 Å². The highest BCUT2D eigenvalue weighted by Gasteiger charge is 2.11. The molecule has 0 radical (unpaired) electrons. The van der Waals surface area contributed by atoms with Crippen molar-refractivity contribution < 1.29 is 14.3 Å². The molecule has 0 atom stereocenters. The monoisotopic (exact) mass is 407 g/mol. The maximum atomic E-state index is 12.2. The summed E-state index contributed by atoms with van der Waals surface area (Å²) in [4.78, 5) is 23.3. The zero-order chi connectivity index (χ0) is 20.5. The van der Waals surface area contributed by atoms with Crippen molar-refractivity contribution in [2.75, 3.05) is 19.0 Å². The van der Waals surface area contributed by atoms with E-state index in [0.29, 0.717) is 25.3 Å². The van der Waals surface area contributed by atoms with Crippen molar-refractivity contribution in [2.24, 2.45) is 0 Å². The van der Waals surface area contributed by atoms with E-state index < -0.39 is 0 Å². The molecule has 1 heterocycles. The maximum absolute atomic E-state index is 12.2. The van der Waals surface area contributed by atoms with Crippen molar-refractivity contribution in [3.8, 4) is 5.75 Å². The maximum Gasteiger partial charge on any atom is 0.305 e. The second kappa shape index (κ2) is 10.7. The Morgan fingerprint density at radius 1 is 1.32 bits per heavy atom. The third-order valence-corrected chi connectivity index (χ3v) is 4.45. The SMILES string of the molecule is COC(=O)CCCCOc1cccc(CNc2cnn(C(C)C)c(=O)c2Cl)c1. The van der Waals surface area contributed by atoms with Gasteiger partial charge in [-0.05, 0) is 44.4 Å². The molecular formula is C20H26ClN3O4. The van der Waals surface area contributed by atoms with E-state index in [1.165, 1.54) is 11.8 Å². The van der Waals surface area contributed by atoms with Crippen LogP contribution < -0.4 is 15.6 Å². The molecule has 0 spiro atoms. The van der Waals surface area contributed by atoms with Gasteiger partial charge in [0.05, 0.1) is 31.6 Å². The molecule has 0 saturated carbocycles. The lowest BCUT2D eigenvalue weighted by atomic mass is 10.2. The van der Waals surface area contributed by atoms with E-state index in [1.807, 2.05) is 38.1 Å². The Labute approximate surface area is 169 Å². The number of benzene rings is 1. The van der Waals surface area contributed by atoms with E-state index >= 15 is 0 Å². The second-order valence-electron chi connectivity index (χ2n) is 6.60. The molecule has 0 aliphatic rings. The van der Waals surface area contributed by atoms with Crippen LogP contribution in [0.25, 0.3) is 0 Å². The average Bonchev–Trinajstić information content (AvgIpc) is 2.68. The van der Waals surface area contributed by atoms with Crippen molar-refractivity contribution in [1.29, 1.82) is 0 Å². The molecule has 28 heavy (non-hydrogen) atoms. The van der Waals surface area contributed by atoms with E-state index in [0.717, 1.165) is 24.2 Å². The topological polar surface area (TPSA) is 82.4 Å². The van der Waals surface area contributed by atoms with Gasteiger partial charge in [0.2, 0.25) is 0 Å². The summed E-state index contributed by atoms with van der Waals surface area (Å²) in [6.07, 6.45) is 3.45. The molecule has 1 aromatic heterocycles. The summed E-state index contributed by atoms with van der Waals surface area (Å²) in [6, 6.07) is 7.60. The van der Waals surface area contributed by atoms with Gasteiger partial charge in [0, 0.05) is 13.0 Å². The molecule has 1 N–H and O–H groups in total. The van der Waals surface area contributed by atoms with Crippen LogP contribution in [0, 0.1) is 0 Å². The third-order valence-electron chi connectivity index (χ3n) is 4.09. The van der Waals surface area contributed by atoms with E-state index in [-0.39, 0.29) is 22.6 Å². The molecule has 0 saturated heterocycles. The Bertz CT molecular complexity index is 852. The summed E-state index contributed by atoms with van der Waals surface area (Å²) in [5, 5.41) is 7.42. The van der Waals surface area contributed by atoms with Gasteiger partial charge >= 0.3 is 5.97 Å². The van der Waals surface area contributed by atoms with Crippen molar-refractivity contribution in [1.82, 2.24) is 9.78 Å². The second-order valence-corrected chi connectivity index (χ2v) is 6.98. The summed E-state index contributed by atoms with van der Waals surface area (Å²) >= 11 is 6.18. The number of carbonyl (C=O) groups excluding carboxylic acids is 1. The molecule has 0 fully saturated rings. The van der Waals surface area contributed by atoms with Crippen LogP contribution in [0.3, 0.4) is 0 Å². The predicted molar refractivity (Wildman–Crippen MR) is 109 cm³/mol. The molecule has 8 heteroatoms. The molecule has 0 aliphatic carbocycles. The lowest BCUT2D eigenvalue weighted by molar-refractivity contribution is -0.140. The van der Waals surface area contributed by atoms with E-state index in [2.05, 4.69) is 15.2 Å². The Hall–Kier alpha value is -2.54. The first kappa shape index (κ1) is 21.8. The van der Waals surface area contributed by atoms with Crippen LogP contribution in [0.2, 0.25) is 5.02 Å². The Kier molecular flexibility index (Phi) is 8.32. The number of anilines is 1. The van der Waals surface area contributed by atoms with Gasteiger partial charge in [-0.15, -0.1) is 0 Å². The minimum Gasteiger partial charge on any atom is -0.494 e. The summed E-state index contributed by atoms with van der Waals surface area (Å²) in [5.74, 6) is 0.541. The van der Waals surface area contributed by atoms with Gasteiger partial charge in [0.1, 0.15) is 10.8 Å². The largest absolute Gasteiger partial charge is 0.494 e. The molecule has 152 valence electrons. The smallest absolute Gasteiger partial charge is 0.305 e. The molecule has 2 aromatic rings. The van der Waals surface area contributed by atoms with Gasteiger partial charge in [-0.25, -0.2) is 4.68 Å². The quantitative estimate of drug-likeness (QED) is 0.476. The molecule has 7 nitrogen and oxygen atoms in total. The van der Waals surface area contributed by atoms with Crippen LogP contribution in [0.5, 0.6) is 5.75 Å². The number of nitrogens with zero attached hydrogens (tertiary/aromatic N) is 2. The first-order chi connectivity index (χ1) is 13.4. The van der Waals surface area contributed by atoms with Crippen LogP contribution in [0.1, 0.15) is 44.7 Å². The van der Waals surface area contributed by atoms with Gasteiger partial charge in [-0.3, -0.25) is 9.59 Å². The van der Waals surface area contributed by atoms with Crippen LogP contribution in [-0.2, 0) is 16.1 Å². The van der Waals surface area contributed by atoms with E-state index in [4.69, 9.17) is 16.3 Å². The molecule has 0 bridgehead atoms. The van der Waals surface area contributed by atoms with E-state index in [9.17, 15) is 9.59 Å². The highest BCUT2D eigenvalue weighted by atomic mass is 35.5. The molecule has 0 amide bonds. The van der Waals surface area contributed by atoms with Gasteiger partial charge in [0.25, 0.3) is 5.56 Å². The number of methoxy groups -OCH3 is 1. The number of esters is 1. The summed E-state index contributed by atoms with van der Waals surface area (Å²) < 4.78 is 11.7. The molecule has 0 unspecified atom stereocenters. The van der Waals surface area contributed by atoms with Crippen LogP contribution in [0.15, 0.2) is 35.3 Å². The molecule has 1 aromatic carbocycles. The fourth-order valence-corrected chi connectivity index (χ4v) is 2.74. The van der Waals surface area contributed by atoms with Gasteiger partial charge in [-0.1, -0.05) is 23.7 Å². The number of hydrogen-bond donors (Lipinski definition) is 1. The number of unbranched alkanes of at least 4 members (excludes halogenated alkanes) is 1. The normalized spacial score (nSPS) is 10.8. The lowest BCUT2D eigenvalue weighted by Crippen LogP contribution is -2.25. The Morgan fingerprint density at radius 2 is 2.11 bits per heavy atom. The summed E-state index contributed by atoms with van der Waals surface area (Å²) in [5.41, 5.74) is 1.17. The predicted octanol–water partition coefficient (Wildman–Crippen LogP) is 3.81. The lowest BCUT2D eigenvalue weighted by Gasteiger charge is -2.13. The zero-order valence-electron chi connectivity index (χ0n) is 16.4. The highest BCUT2D eigenvalue weighted by molar-refractivity contribution is 6.32. The highest BCUT2D eigenvalue weighted by Crippen LogP contribution is 2.19. The van der Waals surface area contributed by atoms with Crippen LogP contribution in [-0.4, -0.2) is 29.5 Å². The third kappa shape index (κ3) is 6.27. The van der Waals surface area contributed by atoms with Crippen molar-refractivity contribution in [3.05, 3.63) is 51.4 Å². The fraction of sp³-hybridized carbons (Fsp3) is 0.450. The fourth-order valence-electron chi connectivity index (χ4n) is 2.54. The number of hydrogen-bond acceptors (Lipinski definition) is 6. The number of ether oxygens (including phenoxy) is 2. The number of halogens is 1. The minimum absolute atomic E-state index is 0.0551. The molecular weight excluding hydrogens is 382 g/mol. The summed E-state index contributed by atoms with van der Waals surface area (Å²) in [6.45, 7) is 4.75. The Balaban J connectivity index is 1.89. The number of aromatic nitrogens is 2. The van der Waals surface area contributed by atoms with Gasteiger partial charge in [0.15, 0.2) is 0 Å². The molecule has 2 rings (SSSR count). The van der Waals surface area contributed by atoms with Crippen molar-refractivity contribution in [3.63, 3.8) is 0 Å². The number of carbonyl (C=O) groups is 1. The molecule has 0 aliphatic heterocycles. The standard InChI is InChI=1S/C20H26ClN3O4/c1-14(2)24-20(26)19(21)17(13-23-24)22-12-15-7-6-8-16(11-15)28-10-5-4-9-18(25)27-3/h6-8,11,13-14,22H,4-5,9-10,12H2,1-3H3. The van der Waals surface area contributed by atoms with E-state index in [1.54, 1.807) is 6.20 Å². The minimum atomic E-state index is -0.314. The van der Waals surface area contributed by atoms with Gasteiger partial charge in [-0.2, -0.15) is 5.10 Å². The average molecular weight is 408 g/mol. The number of rotatable bonds is 10. The van der Waals surface area contributed by atoms with Crippen LogP contribution in [0.4, 0.5) is 5.69 Å². The first-order valence-electron chi connectivity index (χ1n) is 9.22.